The van der Waals surface area contributed by atoms with Crippen molar-refractivity contribution in [1.82, 2.24) is 9.80 Å². The van der Waals surface area contributed by atoms with Crippen LogP contribution in [0.25, 0.3) is 0 Å². The van der Waals surface area contributed by atoms with Crippen LogP contribution in [0.2, 0.25) is 0 Å². The van der Waals surface area contributed by atoms with Crippen LogP contribution < -0.4 is 34.0 Å². The molecule has 0 N–H and O–H groups in total. The van der Waals surface area contributed by atoms with Gasteiger partial charge in [-0.3, -0.25) is 9.59 Å². The molecular weight excluding hydrogens is 536 g/mol. The predicted octanol–water partition coefficient (Wildman–Crippen LogP) is -3.51. The molecule has 0 unspecified atom stereocenters. The zero-order valence-corrected chi connectivity index (χ0v) is 23.7. The SMILES string of the molecule is CC[N+]1(CCC(=O)N2CCN(C(=O)CC[N+]3(CC)CCCCC3)CC2)CCCCC1.[Br-].[Br-]. The van der Waals surface area contributed by atoms with E-state index in [0.29, 0.717) is 50.8 Å². The van der Waals surface area contributed by atoms with Gasteiger partial charge < -0.3 is 52.7 Å². The summed E-state index contributed by atoms with van der Waals surface area (Å²) in [6.45, 7) is 16.6. The number of carbonyl (C=O) groups excluding carboxylic acids is 2. The van der Waals surface area contributed by atoms with Crippen molar-refractivity contribution in [3.8, 4) is 0 Å². The fourth-order valence-corrected chi connectivity index (χ4v) is 5.95. The van der Waals surface area contributed by atoms with Crippen LogP contribution in [0, 0.1) is 0 Å². The molecule has 188 valence electrons. The second kappa shape index (κ2) is 14.3. The molecule has 3 fully saturated rings. The Hall–Kier alpha value is -0.180. The van der Waals surface area contributed by atoms with Crippen molar-refractivity contribution < 1.29 is 52.5 Å². The van der Waals surface area contributed by atoms with E-state index < -0.39 is 0 Å². The van der Waals surface area contributed by atoms with Gasteiger partial charge >= 0.3 is 0 Å². The van der Waals surface area contributed by atoms with Gasteiger partial charge in [0.1, 0.15) is 0 Å². The summed E-state index contributed by atoms with van der Waals surface area (Å²) in [5.74, 6) is 0.588. The fourth-order valence-electron chi connectivity index (χ4n) is 5.95. The summed E-state index contributed by atoms with van der Waals surface area (Å²) in [5, 5.41) is 0. The average molecular weight is 582 g/mol. The van der Waals surface area contributed by atoms with Gasteiger partial charge in [0, 0.05) is 26.2 Å². The third-order valence-corrected chi connectivity index (χ3v) is 8.46. The summed E-state index contributed by atoms with van der Waals surface area (Å²) in [6.07, 6.45) is 9.25. The minimum Gasteiger partial charge on any atom is -1.00 e. The Labute approximate surface area is 217 Å². The molecule has 8 heteroatoms. The van der Waals surface area contributed by atoms with Crippen LogP contribution in [0.5, 0.6) is 0 Å². The van der Waals surface area contributed by atoms with Crippen molar-refractivity contribution in [2.45, 2.75) is 65.2 Å². The van der Waals surface area contributed by atoms with Gasteiger partial charge in [0.25, 0.3) is 0 Å². The van der Waals surface area contributed by atoms with Crippen molar-refractivity contribution in [2.24, 2.45) is 0 Å². The Morgan fingerprint density at radius 2 is 0.906 bits per heavy atom. The first-order valence-corrected chi connectivity index (χ1v) is 12.8. The molecule has 0 aliphatic carbocycles. The summed E-state index contributed by atoms with van der Waals surface area (Å²) >= 11 is 0. The topological polar surface area (TPSA) is 40.6 Å². The van der Waals surface area contributed by atoms with Crippen molar-refractivity contribution >= 4 is 11.8 Å². The highest BCUT2D eigenvalue weighted by molar-refractivity contribution is 5.78. The maximum absolute atomic E-state index is 12.8. The Balaban J connectivity index is 0.00000256. The van der Waals surface area contributed by atoms with E-state index in [4.69, 9.17) is 0 Å². The van der Waals surface area contributed by atoms with Gasteiger partial charge in [0.15, 0.2) is 0 Å². The number of nitrogens with zero attached hydrogens (tertiary/aromatic N) is 4. The number of halogens is 2. The zero-order chi connectivity index (χ0) is 21.5. The third-order valence-electron chi connectivity index (χ3n) is 8.46. The Kier molecular flexibility index (Phi) is 13.3. The van der Waals surface area contributed by atoms with E-state index >= 15 is 0 Å². The van der Waals surface area contributed by atoms with Gasteiger partial charge in [0.2, 0.25) is 11.8 Å². The molecule has 0 aromatic carbocycles. The molecule has 0 aromatic heterocycles. The molecule has 32 heavy (non-hydrogen) atoms. The number of quaternary nitrogens is 2. The summed E-state index contributed by atoms with van der Waals surface area (Å²) in [4.78, 5) is 29.6. The molecule has 2 amide bonds. The molecule has 3 saturated heterocycles. The van der Waals surface area contributed by atoms with E-state index in [-0.39, 0.29) is 34.0 Å². The number of carbonyl (C=O) groups is 2. The Bertz CT molecular complexity index is 520. The number of piperazine rings is 1. The summed E-state index contributed by atoms with van der Waals surface area (Å²) < 4.78 is 2.25. The first-order valence-electron chi connectivity index (χ1n) is 12.8. The smallest absolute Gasteiger partial charge is 0.228 e. The third kappa shape index (κ3) is 7.95. The van der Waals surface area contributed by atoms with Crippen LogP contribution >= 0.6 is 0 Å². The monoisotopic (exact) mass is 580 g/mol. The van der Waals surface area contributed by atoms with Gasteiger partial charge in [-0.2, -0.15) is 0 Å². The van der Waals surface area contributed by atoms with Crippen LogP contribution in [0.1, 0.15) is 65.2 Å². The maximum Gasteiger partial charge on any atom is 0.228 e. The standard InChI is InChI=1S/C24H46N4O2.2BrH/c1-3-27(17-7-5-8-18-27)21-11-23(29)25-13-15-26(16-14-25)24(30)12-22-28(4-2)19-9-6-10-20-28;;/h3-22H2,1-2H3;2*1H/q+2;;/p-2. The summed E-state index contributed by atoms with van der Waals surface area (Å²) in [7, 11) is 0. The summed E-state index contributed by atoms with van der Waals surface area (Å²) in [6, 6.07) is 0. The van der Waals surface area contributed by atoms with Gasteiger partial charge in [-0.15, -0.1) is 0 Å². The molecule has 3 aliphatic heterocycles. The summed E-state index contributed by atoms with van der Waals surface area (Å²) in [5.41, 5.74) is 0. The molecule has 6 nitrogen and oxygen atoms in total. The number of piperidine rings is 2. The molecular formula is C24H46Br2N4O2. The number of likely N-dealkylation sites (tertiary alicyclic amines) is 2. The van der Waals surface area contributed by atoms with Crippen molar-refractivity contribution in [3.05, 3.63) is 0 Å². The lowest BCUT2D eigenvalue weighted by atomic mass is 10.1. The lowest BCUT2D eigenvalue weighted by Crippen LogP contribution is -3.00. The largest absolute Gasteiger partial charge is 1.00 e. The van der Waals surface area contributed by atoms with Gasteiger partial charge in [-0.25, -0.2) is 0 Å². The van der Waals surface area contributed by atoms with Gasteiger partial charge in [0.05, 0.1) is 65.2 Å². The van der Waals surface area contributed by atoms with E-state index in [0.717, 1.165) is 35.1 Å². The highest BCUT2D eigenvalue weighted by Crippen LogP contribution is 2.21. The second-order valence-corrected chi connectivity index (χ2v) is 10.0. The van der Waals surface area contributed by atoms with E-state index in [1.807, 2.05) is 9.80 Å². The minimum absolute atomic E-state index is 0. The van der Waals surface area contributed by atoms with Crippen molar-refractivity contribution in [3.63, 3.8) is 0 Å². The van der Waals surface area contributed by atoms with Crippen molar-refractivity contribution in [1.29, 1.82) is 0 Å². The normalized spacial score (nSPS) is 22.4. The van der Waals surface area contributed by atoms with Crippen LogP contribution in [0.4, 0.5) is 0 Å². The van der Waals surface area contributed by atoms with E-state index in [1.165, 1.54) is 64.7 Å². The van der Waals surface area contributed by atoms with Gasteiger partial charge in [-0.1, -0.05) is 0 Å². The van der Waals surface area contributed by atoms with E-state index in [1.54, 1.807) is 0 Å². The lowest BCUT2D eigenvalue weighted by Gasteiger charge is -2.42. The van der Waals surface area contributed by atoms with Crippen molar-refractivity contribution in [2.75, 3.05) is 78.5 Å². The lowest BCUT2D eigenvalue weighted by molar-refractivity contribution is -0.930. The molecule has 0 atom stereocenters. The molecule has 3 aliphatic rings. The van der Waals surface area contributed by atoms with E-state index in [2.05, 4.69) is 13.8 Å². The first-order chi connectivity index (χ1) is 14.5. The molecule has 0 radical (unpaired) electrons. The number of hydrogen-bond acceptors (Lipinski definition) is 2. The molecule has 3 rings (SSSR count). The van der Waals surface area contributed by atoms with Crippen LogP contribution in [0.15, 0.2) is 0 Å². The van der Waals surface area contributed by atoms with Crippen LogP contribution in [-0.2, 0) is 9.59 Å². The van der Waals surface area contributed by atoms with Crippen LogP contribution in [0.3, 0.4) is 0 Å². The minimum atomic E-state index is 0. The predicted molar refractivity (Wildman–Crippen MR) is 121 cm³/mol. The maximum atomic E-state index is 12.8. The molecule has 0 bridgehead atoms. The Morgan fingerprint density at radius 1 is 0.594 bits per heavy atom. The number of rotatable bonds is 8. The molecule has 0 spiro atoms. The Morgan fingerprint density at radius 3 is 1.19 bits per heavy atom. The second-order valence-electron chi connectivity index (χ2n) is 10.0. The molecule has 0 saturated carbocycles. The van der Waals surface area contributed by atoms with Gasteiger partial charge in [-0.05, 0) is 52.4 Å². The molecule has 0 aromatic rings. The number of amides is 2. The quantitative estimate of drug-likeness (QED) is 0.279. The highest BCUT2D eigenvalue weighted by Gasteiger charge is 2.32. The number of hydrogen-bond donors (Lipinski definition) is 0. The highest BCUT2D eigenvalue weighted by atomic mass is 79.9. The van der Waals surface area contributed by atoms with E-state index in [9.17, 15) is 9.59 Å². The fraction of sp³-hybridized carbons (Fsp3) is 0.917. The average Bonchev–Trinajstić information content (AvgIpc) is 2.82. The molecule has 3 heterocycles. The first kappa shape index (κ1) is 29.9. The van der Waals surface area contributed by atoms with Crippen LogP contribution in [-0.4, -0.2) is 109 Å². The zero-order valence-electron chi connectivity index (χ0n) is 20.5.